The summed E-state index contributed by atoms with van der Waals surface area (Å²) >= 11 is 0. The van der Waals surface area contributed by atoms with Crippen LogP contribution in [0.5, 0.6) is 0 Å². The van der Waals surface area contributed by atoms with Gasteiger partial charge in [-0.1, -0.05) is 60.7 Å². The van der Waals surface area contributed by atoms with Crippen molar-refractivity contribution in [2.75, 3.05) is 0 Å². The van der Waals surface area contributed by atoms with Crippen LogP contribution in [-0.4, -0.2) is 12.1 Å². The number of hydrogen-bond donors (Lipinski definition) is 0. The molecule has 1 saturated carbocycles. The van der Waals surface area contributed by atoms with Gasteiger partial charge in [0.15, 0.2) is 6.10 Å². The summed E-state index contributed by atoms with van der Waals surface area (Å²) in [4.78, 5) is 12.3. The van der Waals surface area contributed by atoms with E-state index in [-0.39, 0.29) is 18.7 Å². The Morgan fingerprint density at radius 3 is 2.24 bits per heavy atom. The Balaban J connectivity index is 1.66. The summed E-state index contributed by atoms with van der Waals surface area (Å²) in [6.45, 7) is 0.275. The third-order valence-corrected chi connectivity index (χ3v) is 3.39. The molecule has 21 heavy (non-hydrogen) atoms. The van der Waals surface area contributed by atoms with Gasteiger partial charge in [-0.05, 0) is 24.0 Å². The Kier molecular flexibility index (Phi) is 4.31. The summed E-state index contributed by atoms with van der Waals surface area (Å²) in [6.07, 6.45) is 1.62. The highest BCUT2D eigenvalue weighted by Gasteiger charge is 2.32. The first-order valence-corrected chi connectivity index (χ1v) is 7.24. The molecule has 0 radical (unpaired) electrons. The summed E-state index contributed by atoms with van der Waals surface area (Å²) in [6, 6.07) is 19.2. The van der Waals surface area contributed by atoms with Crippen molar-refractivity contribution < 1.29 is 14.3 Å². The van der Waals surface area contributed by atoms with Crippen molar-refractivity contribution in [1.29, 1.82) is 0 Å². The lowest BCUT2D eigenvalue weighted by Crippen LogP contribution is -2.19. The number of esters is 1. The van der Waals surface area contributed by atoms with E-state index in [1.54, 1.807) is 0 Å². The maximum Gasteiger partial charge on any atom is 0.340 e. The average molecular weight is 282 g/mol. The van der Waals surface area contributed by atoms with Crippen LogP contribution in [0, 0.1) is 0 Å². The summed E-state index contributed by atoms with van der Waals surface area (Å²) in [5.41, 5.74) is 1.83. The minimum atomic E-state index is -0.623. The van der Waals surface area contributed by atoms with E-state index < -0.39 is 6.10 Å². The zero-order valence-electron chi connectivity index (χ0n) is 11.8. The predicted molar refractivity (Wildman–Crippen MR) is 79.5 cm³/mol. The molecular formula is C18H18O3. The third kappa shape index (κ3) is 3.92. The molecule has 0 saturated heterocycles. The summed E-state index contributed by atoms with van der Waals surface area (Å²) in [5.74, 6) is -0.322. The maximum atomic E-state index is 12.3. The average Bonchev–Trinajstić information content (AvgIpc) is 3.36. The van der Waals surface area contributed by atoms with Gasteiger partial charge in [-0.25, -0.2) is 4.79 Å². The van der Waals surface area contributed by atoms with E-state index in [9.17, 15) is 4.79 Å². The van der Waals surface area contributed by atoms with Crippen molar-refractivity contribution in [2.45, 2.75) is 31.7 Å². The summed E-state index contributed by atoms with van der Waals surface area (Å²) in [5, 5.41) is 0. The summed E-state index contributed by atoms with van der Waals surface area (Å²) in [7, 11) is 0. The fourth-order valence-electron chi connectivity index (χ4n) is 2.10. The number of rotatable bonds is 6. The number of benzene rings is 2. The molecule has 1 atom stereocenters. The lowest BCUT2D eigenvalue weighted by atomic mass is 10.1. The Hall–Kier alpha value is -2.13. The lowest BCUT2D eigenvalue weighted by molar-refractivity contribution is -0.160. The zero-order chi connectivity index (χ0) is 14.5. The quantitative estimate of drug-likeness (QED) is 0.759. The van der Waals surface area contributed by atoms with Crippen LogP contribution < -0.4 is 0 Å². The molecule has 3 rings (SSSR count). The lowest BCUT2D eigenvalue weighted by Gasteiger charge is -2.17. The molecule has 3 nitrogen and oxygen atoms in total. The van der Waals surface area contributed by atoms with Gasteiger partial charge in [0.25, 0.3) is 0 Å². The van der Waals surface area contributed by atoms with Crippen molar-refractivity contribution >= 4 is 5.97 Å². The van der Waals surface area contributed by atoms with E-state index in [4.69, 9.17) is 9.47 Å². The summed E-state index contributed by atoms with van der Waals surface area (Å²) < 4.78 is 11.2. The highest BCUT2D eigenvalue weighted by atomic mass is 16.6. The van der Waals surface area contributed by atoms with E-state index >= 15 is 0 Å². The van der Waals surface area contributed by atoms with Crippen molar-refractivity contribution in [3.63, 3.8) is 0 Å². The van der Waals surface area contributed by atoms with Gasteiger partial charge in [0, 0.05) is 0 Å². The van der Waals surface area contributed by atoms with Crippen LogP contribution in [0.4, 0.5) is 0 Å². The zero-order valence-corrected chi connectivity index (χ0v) is 11.8. The highest BCUT2D eigenvalue weighted by molar-refractivity contribution is 5.76. The van der Waals surface area contributed by atoms with Gasteiger partial charge in [0.1, 0.15) is 6.61 Å². The predicted octanol–water partition coefficient (Wildman–Crippen LogP) is 3.65. The van der Waals surface area contributed by atoms with E-state index in [2.05, 4.69) is 0 Å². The van der Waals surface area contributed by atoms with Gasteiger partial charge in [-0.2, -0.15) is 0 Å². The molecule has 2 aromatic rings. The van der Waals surface area contributed by atoms with Gasteiger partial charge < -0.3 is 9.47 Å². The van der Waals surface area contributed by atoms with Crippen LogP contribution in [-0.2, 0) is 20.9 Å². The van der Waals surface area contributed by atoms with Gasteiger partial charge in [0.2, 0.25) is 0 Å². The molecule has 0 N–H and O–H groups in total. The molecule has 0 spiro atoms. The molecule has 0 bridgehead atoms. The first kappa shape index (κ1) is 13.8. The SMILES string of the molecule is O=C(OCc1ccccc1)[C@H](OC1CC1)c1ccccc1. The number of hydrogen-bond acceptors (Lipinski definition) is 3. The fourth-order valence-corrected chi connectivity index (χ4v) is 2.10. The van der Waals surface area contributed by atoms with Crippen LogP contribution in [0.25, 0.3) is 0 Å². The Morgan fingerprint density at radius 2 is 1.62 bits per heavy atom. The van der Waals surface area contributed by atoms with Crippen LogP contribution in [0.3, 0.4) is 0 Å². The molecule has 2 aromatic carbocycles. The van der Waals surface area contributed by atoms with Crippen molar-refractivity contribution in [1.82, 2.24) is 0 Å². The van der Waals surface area contributed by atoms with E-state index in [0.717, 1.165) is 24.0 Å². The topological polar surface area (TPSA) is 35.5 Å². The molecule has 1 aliphatic carbocycles. The monoisotopic (exact) mass is 282 g/mol. The Bertz CT molecular complexity index is 576. The van der Waals surface area contributed by atoms with Crippen molar-refractivity contribution in [2.24, 2.45) is 0 Å². The van der Waals surface area contributed by atoms with E-state index in [0.29, 0.717) is 0 Å². The van der Waals surface area contributed by atoms with Crippen LogP contribution in [0.1, 0.15) is 30.1 Å². The Labute approximate surface area is 124 Å². The first-order chi connectivity index (χ1) is 10.3. The second kappa shape index (κ2) is 6.55. The second-order valence-electron chi connectivity index (χ2n) is 5.22. The third-order valence-electron chi connectivity index (χ3n) is 3.39. The van der Waals surface area contributed by atoms with Crippen LogP contribution in [0.2, 0.25) is 0 Å². The number of carbonyl (C=O) groups excluding carboxylic acids is 1. The van der Waals surface area contributed by atoms with Crippen molar-refractivity contribution in [3.05, 3.63) is 71.8 Å². The van der Waals surface area contributed by atoms with Gasteiger partial charge in [-0.3, -0.25) is 0 Å². The van der Waals surface area contributed by atoms with Crippen LogP contribution >= 0.6 is 0 Å². The largest absolute Gasteiger partial charge is 0.459 e. The van der Waals surface area contributed by atoms with Crippen LogP contribution in [0.15, 0.2) is 60.7 Å². The first-order valence-electron chi connectivity index (χ1n) is 7.24. The number of ether oxygens (including phenoxy) is 2. The fraction of sp³-hybridized carbons (Fsp3) is 0.278. The normalized spacial score (nSPS) is 15.4. The molecule has 3 heteroatoms. The van der Waals surface area contributed by atoms with Crippen molar-refractivity contribution in [3.8, 4) is 0 Å². The minimum absolute atomic E-state index is 0.194. The molecule has 0 heterocycles. The van der Waals surface area contributed by atoms with E-state index in [1.165, 1.54) is 0 Å². The minimum Gasteiger partial charge on any atom is -0.459 e. The molecule has 108 valence electrons. The smallest absolute Gasteiger partial charge is 0.340 e. The molecule has 1 fully saturated rings. The standard InChI is InChI=1S/C18H18O3/c19-18(20-13-14-7-3-1-4-8-14)17(21-16-11-12-16)15-9-5-2-6-10-15/h1-10,16-17H,11-13H2/t17-/m1/s1. The maximum absolute atomic E-state index is 12.3. The van der Waals surface area contributed by atoms with Gasteiger partial charge >= 0.3 is 5.97 Å². The van der Waals surface area contributed by atoms with Gasteiger partial charge in [-0.15, -0.1) is 0 Å². The second-order valence-corrected chi connectivity index (χ2v) is 5.22. The molecule has 0 unspecified atom stereocenters. The Morgan fingerprint density at radius 1 is 1.00 bits per heavy atom. The van der Waals surface area contributed by atoms with E-state index in [1.807, 2.05) is 60.7 Å². The molecule has 0 aromatic heterocycles. The molecule has 0 aliphatic heterocycles. The molecule has 0 amide bonds. The van der Waals surface area contributed by atoms with Gasteiger partial charge in [0.05, 0.1) is 6.10 Å². The highest BCUT2D eigenvalue weighted by Crippen LogP contribution is 2.31. The number of carbonyl (C=O) groups is 1. The molecule has 1 aliphatic rings. The molecular weight excluding hydrogens is 264 g/mol.